The molecule has 2 aromatic rings. The van der Waals surface area contributed by atoms with Gasteiger partial charge in [0.15, 0.2) is 12.3 Å². The Hall–Kier alpha value is -2.41. The maximum atomic E-state index is 13.1. The first-order valence-corrected chi connectivity index (χ1v) is 8.89. The predicted molar refractivity (Wildman–Crippen MR) is 92.4 cm³/mol. The number of carbonyl (C=O) groups is 1. The molecule has 1 aromatic heterocycles. The average Bonchev–Trinajstić information content (AvgIpc) is 3.13. The SMILES string of the molecule is CCCOC1CCCN(C(=O)c2coc(COc3cccc(F)c3)n2)C1. The van der Waals surface area contributed by atoms with Crippen LogP contribution < -0.4 is 4.74 Å². The fourth-order valence-corrected chi connectivity index (χ4v) is 2.88. The van der Waals surface area contributed by atoms with Crippen LogP contribution >= 0.6 is 0 Å². The maximum absolute atomic E-state index is 13.1. The molecule has 0 bridgehead atoms. The van der Waals surface area contributed by atoms with E-state index in [1.165, 1.54) is 18.4 Å². The molecule has 1 fully saturated rings. The summed E-state index contributed by atoms with van der Waals surface area (Å²) in [5, 5.41) is 0. The molecular formula is C19H23FN2O4. The van der Waals surface area contributed by atoms with Gasteiger partial charge in [0.25, 0.3) is 5.91 Å². The lowest BCUT2D eigenvalue weighted by Gasteiger charge is -2.32. The van der Waals surface area contributed by atoms with Gasteiger partial charge in [-0.3, -0.25) is 4.79 Å². The van der Waals surface area contributed by atoms with Gasteiger partial charge < -0.3 is 18.8 Å². The van der Waals surface area contributed by atoms with E-state index in [2.05, 4.69) is 11.9 Å². The van der Waals surface area contributed by atoms with E-state index in [0.29, 0.717) is 25.4 Å². The Kier molecular flexibility index (Phi) is 6.22. The summed E-state index contributed by atoms with van der Waals surface area (Å²) in [6.45, 7) is 4.05. The average molecular weight is 362 g/mol. The summed E-state index contributed by atoms with van der Waals surface area (Å²) in [5.74, 6) is 0.0997. The number of nitrogens with zero attached hydrogens (tertiary/aromatic N) is 2. The van der Waals surface area contributed by atoms with E-state index >= 15 is 0 Å². The first-order valence-electron chi connectivity index (χ1n) is 8.89. The third kappa shape index (κ3) is 4.82. The Morgan fingerprint density at radius 1 is 1.46 bits per heavy atom. The highest BCUT2D eigenvalue weighted by Crippen LogP contribution is 2.18. The molecule has 0 saturated carbocycles. The quantitative estimate of drug-likeness (QED) is 0.755. The van der Waals surface area contributed by atoms with E-state index in [4.69, 9.17) is 13.9 Å². The number of ether oxygens (including phenoxy) is 2. The van der Waals surface area contributed by atoms with E-state index in [0.717, 1.165) is 19.3 Å². The van der Waals surface area contributed by atoms with Crippen LogP contribution in [0.5, 0.6) is 5.75 Å². The van der Waals surface area contributed by atoms with Crippen molar-refractivity contribution < 1.29 is 23.1 Å². The number of halogens is 1. The molecule has 1 aliphatic rings. The number of rotatable bonds is 7. The number of oxazole rings is 1. The zero-order valence-electron chi connectivity index (χ0n) is 14.8. The largest absolute Gasteiger partial charge is 0.484 e. The maximum Gasteiger partial charge on any atom is 0.275 e. The number of likely N-dealkylation sites (tertiary alicyclic amines) is 1. The van der Waals surface area contributed by atoms with Crippen molar-refractivity contribution in [2.45, 2.75) is 38.9 Å². The second-order valence-corrected chi connectivity index (χ2v) is 6.26. The number of piperidine rings is 1. The van der Waals surface area contributed by atoms with Gasteiger partial charge in [-0.2, -0.15) is 0 Å². The van der Waals surface area contributed by atoms with E-state index < -0.39 is 0 Å². The van der Waals surface area contributed by atoms with Gasteiger partial charge in [-0.1, -0.05) is 13.0 Å². The topological polar surface area (TPSA) is 64.8 Å². The molecule has 1 aromatic carbocycles. The molecule has 26 heavy (non-hydrogen) atoms. The first-order chi connectivity index (χ1) is 12.7. The number of hydrogen-bond donors (Lipinski definition) is 0. The molecule has 1 saturated heterocycles. The van der Waals surface area contributed by atoms with Crippen molar-refractivity contribution in [1.29, 1.82) is 0 Å². The molecule has 3 rings (SSSR count). The minimum Gasteiger partial charge on any atom is -0.484 e. The summed E-state index contributed by atoms with van der Waals surface area (Å²) in [6, 6.07) is 5.81. The van der Waals surface area contributed by atoms with Gasteiger partial charge in [0.05, 0.1) is 6.10 Å². The summed E-state index contributed by atoms with van der Waals surface area (Å²) < 4.78 is 29.6. The summed E-state index contributed by atoms with van der Waals surface area (Å²) in [4.78, 5) is 18.6. The standard InChI is InChI=1S/C19H23FN2O4/c1-2-9-24-16-7-4-8-22(11-16)19(23)17-12-26-18(21-17)13-25-15-6-3-5-14(20)10-15/h3,5-6,10,12,16H,2,4,7-9,11,13H2,1H3. The monoisotopic (exact) mass is 362 g/mol. The number of aromatic nitrogens is 1. The highest BCUT2D eigenvalue weighted by Gasteiger charge is 2.26. The van der Waals surface area contributed by atoms with E-state index in [9.17, 15) is 9.18 Å². The van der Waals surface area contributed by atoms with Gasteiger partial charge in [-0.15, -0.1) is 0 Å². The molecule has 6 nitrogen and oxygen atoms in total. The lowest BCUT2D eigenvalue weighted by atomic mass is 10.1. The molecular weight excluding hydrogens is 339 g/mol. The third-order valence-electron chi connectivity index (χ3n) is 4.15. The molecule has 1 amide bonds. The second kappa shape index (κ2) is 8.80. The summed E-state index contributed by atoms with van der Waals surface area (Å²) in [6.07, 6.45) is 4.25. The van der Waals surface area contributed by atoms with Crippen LogP contribution in [-0.4, -0.2) is 41.6 Å². The number of amides is 1. The van der Waals surface area contributed by atoms with E-state index in [1.54, 1.807) is 17.0 Å². The fraction of sp³-hybridized carbons (Fsp3) is 0.474. The molecule has 0 N–H and O–H groups in total. The van der Waals surface area contributed by atoms with E-state index in [-0.39, 0.29) is 36.0 Å². The molecule has 1 unspecified atom stereocenters. The molecule has 1 aliphatic heterocycles. The van der Waals surface area contributed by atoms with Crippen LogP contribution in [0.2, 0.25) is 0 Å². The molecule has 2 heterocycles. The second-order valence-electron chi connectivity index (χ2n) is 6.26. The van der Waals surface area contributed by atoms with Gasteiger partial charge >= 0.3 is 0 Å². The molecule has 140 valence electrons. The van der Waals surface area contributed by atoms with Crippen LogP contribution in [-0.2, 0) is 11.3 Å². The van der Waals surface area contributed by atoms with Crippen LogP contribution in [0.25, 0.3) is 0 Å². The van der Waals surface area contributed by atoms with Gasteiger partial charge in [0, 0.05) is 25.8 Å². The minimum atomic E-state index is -0.379. The highest BCUT2D eigenvalue weighted by molar-refractivity contribution is 5.92. The zero-order chi connectivity index (χ0) is 18.4. The lowest BCUT2D eigenvalue weighted by Crippen LogP contribution is -2.43. The Labute approximate surface area is 151 Å². The van der Waals surface area contributed by atoms with Crippen LogP contribution in [0.1, 0.15) is 42.6 Å². The Bertz CT molecular complexity index is 734. The molecule has 1 atom stereocenters. The van der Waals surface area contributed by atoms with Crippen molar-refractivity contribution in [3.63, 3.8) is 0 Å². The molecule has 0 spiro atoms. The van der Waals surface area contributed by atoms with Crippen LogP contribution in [0.15, 0.2) is 34.9 Å². The van der Waals surface area contributed by atoms with Crippen LogP contribution in [0, 0.1) is 5.82 Å². The fourth-order valence-electron chi connectivity index (χ4n) is 2.88. The minimum absolute atomic E-state index is 0.0268. The third-order valence-corrected chi connectivity index (χ3v) is 4.15. The number of hydrogen-bond acceptors (Lipinski definition) is 5. The summed E-state index contributed by atoms with van der Waals surface area (Å²) in [5.41, 5.74) is 0.249. The zero-order valence-corrected chi connectivity index (χ0v) is 14.8. The van der Waals surface area contributed by atoms with Crippen molar-refractivity contribution in [3.05, 3.63) is 47.9 Å². The van der Waals surface area contributed by atoms with Gasteiger partial charge in [-0.25, -0.2) is 9.37 Å². The van der Waals surface area contributed by atoms with E-state index in [1.807, 2.05) is 0 Å². The number of carbonyl (C=O) groups excluding carboxylic acids is 1. The predicted octanol–water partition coefficient (Wildman–Crippen LogP) is 3.42. The Balaban J connectivity index is 1.55. The van der Waals surface area contributed by atoms with Crippen molar-refractivity contribution in [1.82, 2.24) is 9.88 Å². The number of benzene rings is 1. The van der Waals surface area contributed by atoms with Crippen molar-refractivity contribution >= 4 is 5.91 Å². The Morgan fingerprint density at radius 2 is 2.35 bits per heavy atom. The first kappa shape index (κ1) is 18.4. The molecule has 0 radical (unpaired) electrons. The highest BCUT2D eigenvalue weighted by atomic mass is 19.1. The van der Waals surface area contributed by atoms with Crippen LogP contribution in [0.4, 0.5) is 4.39 Å². The smallest absolute Gasteiger partial charge is 0.275 e. The van der Waals surface area contributed by atoms with Crippen LogP contribution in [0.3, 0.4) is 0 Å². The van der Waals surface area contributed by atoms with Crippen molar-refractivity contribution in [3.8, 4) is 5.75 Å². The van der Waals surface area contributed by atoms with Crippen molar-refractivity contribution in [2.75, 3.05) is 19.7 Å². The van der Waals surface area contributed by atoms with Gasteiger partial charge in [0.1, 0.15) is 17.8 Å². The normalized spacial score (nSPS) is 17.3. The van der Waals surface area contributed by atoms with Crippen molar-refractivity contribution in [2.24, 2.45) is 0 Å². The summed E-state index contributed by atoms with van der Waals surface area (Å²) in [7, 11) is 0. The molecule has 7 heteroatoms. The lowest BCUT2D eigenvalue weighted by molar-refractivity contribution is 0.00192. The molecule has 0 aliphatic carbocycles. The summed E-state index contributed by atoms with van der Waals surface area (Å²) >= 11 is 0. The van der Waals surface area contributed by atoms with Gasteiger partial charge in [0.2, 0.25) is 5.89 Å². The Morgan fingerprint density at radius 3 is 3.15 bits per heavy atom. The van der Waals surface area contributed by atoms with Gasteiger partial charge in [-0.05, 0) is 31.4 Å².